The minimum Gasteiger partial charge on any atom is -0.295 e. The van der Waals surface area contributed by atoms with E-state index < -0.39 is 0 Å². The molecule has 3 heterocycles. The van der Waals surface area contributed by atoms with Crippen molar-refractivity contribution in [3.05, 3.63) is 0 Å². The Bertz CT molecular complexity index is 1030. The molecule has 3 nitrogen and oxygen atoms in total. The zero-order valence-electron chi connectivity index (χ0n) is 42.7. The number of hydrogen-bond donors (Lipinski definition) is 0. The van der Waals surface area contributed by atoms with Gasteiger partial charge in [-0.1, -0.05) is 131 Å². The molecule has 0 spiro atoms. The summed E-state index contributed by atoms with van der Waals surface area (Å²) >= 11 is 0. The van der Waals surface area contributed by atoms with E-state index in [9.17, 15) is 0 Å². The predicted molar refractivity (Wildman–Crippen MR) is 246 cm³/mol. The molecule has 0 N–H and O–H groups in total. The van der Waals surface area contributed by atoms with E-state index in [1.807, 2.05) is 0 Å². The van der Waals surface area contributed by atoms with E-state index in [0.29, 0.717) is 50.6 Å². The maximum Gasteiger partial charge on any atom is 0.0183 e. The molecule has 0 radical (unpaired) electrons. The number of piperidine rings is 1. The summed E-state index contributed by atoms with van der Waals surface area (Å²) in [6.45, 7) is 68.7. The van der Waals surface area contributed by atoms with Crippen molar-refractivity contribution in [1.29, 1.82) is 0 Å². The molecule has 3 heteroatoms. The average Bonchev–Trinajstić information content (AvgIpc) is 3.25. The smallest absolute Gasteiger partial charge is 0.0183 e. The second-order valence-electron chi connectivity index (χ2n) is 27.9. The molecule has 0 aromatic heterocycles. The molecule has 3 saturated heterocycles. The molecule has 3 fully saturated rings. The Hall–Kier alpha value is -0.120. The topological polar surface area (TPSA) is 9.72 Å². The van der Waals surface area contributed by atoms with E-state index in [1.165, 1.54) is 58.2 Å². The van der Waals surface area contributed by atoms with Crippen molar-refractivity contribution in [3.63, 3.8) is 0 Å². The fraction of sp³-hybridized carbons (Fsp3) is 1.00. The molecular weight excluding hydrogens is 655 g/mol. The lowest BCUT2D eigenvalue weighted by Gasteiger charge is -2.56. The molecule has 0 aromatic carbocycles. The van der Waals surface area contributed by atoms with Crippen molar-refractivity contribution in [2.45, 2.75) is 260 Å². The number of likely N-dealkylation sites (tertiary alicyclic amines) is 3. The van der Waals surface area contributed by atoms with Gasteiger partial charge in [0.1, 0.15) is 0 Å². The molecule has 0 aromatic rings. The minimum absolute atomic E-state index is 0.270. The summed E-state index contributed by atoms with van der Waals surface area (Å²) in [5, 5.41) is 0. The molecule has 6 unspecified atom stereocenters. The Kier molecular flexibility index (Phi) is 16.9. The third-order valence-electron chi connectivity index (χ3n) is 13.5. The van der Waals surface area contributed by atoms with Gasteiger partial charge < -0.3 is 0 Å². The van der Waals surface area contributed by atoms with Gasteiger partial charge >= 0.3 is 0 Å². The summed E-state index contributed by atoms with van der Waals surface area (Å²) in [6.07, 6.45) is 8.22. The molecule has 0 saturated carbocycles. The first-order chi connectivity index (χ1) is 23.5. The van der Waals surface area contributed by atoms with E-state index >= 15 is 0 Å². The Balaban J connectivity index is 0.000000406. The molecule has 6 atom stereocenters. The highest BCUT2D eigenvalue weighted by Gasteiger charge is 2.50. The first kappa shape index (κ1) is 51.9. The van der Waals surface area contributed by atoms with Crippen LogP contribution in [0.25, 0.3) is 0 Å². The standard InChI is InChI=1S/C18H37N.C17H35N.C16H33N/c1-16(2,3)14-12-10-11-13-19(18(7,8)9)15(14)17(4,5)6;1-15(2,3)13-11-10-12-18(17(7,8)9)14(13)16(4,5)6;1-14(2,3)12-10-11-17(16(7,8)9)13(12)15(4,5)6/h14-15H,10-13H2,1-9H3;13-14H,10-12H2,1-9H3;12-13H,10-11H2,1-9H3. The normalized spacial score (nSPS) is 28.5. The molecule has 324 valence electrons. The van der Waals surface area contributed by atoms with Gasteiger partial charge in [-0.15, -0.1) is 0 Å². The van der Waals surface area contributed by atoms with Crippen LogP contribution in [-0.4, -0.2) is 69.1 Å². The number of rotatable bonds is 0. The van der Waals surface area contributed by atoms with Gasteiger partial charge in [0.05, 0.1) is 0 Å². The summed E-state index contributed by atoms with van der Waals surface area (Å²) in [6, 6.07) is 2.06. The predicted octanol–water partition coefficient (Wildman–Crippen LogP) is 14.9. The van der Waals surface area contributed by atoms with Crippen molar-refractivity contribution in [3.8, 4) is 0 Å². The second kappa shape index (κ2) is 17.6. The van der Waals surface area contributed by atoms with E-state index in [-0.39, 0.29) is 16.6 Å². The van der Waals surface area contributed by atoms with Gasteiger partial charge in [0.2, 0.25) is 0 Å². The summed E-state index contributed by atoms with van der Waals surface area (Å²) in [4.78, 5) is 8.31. The van der Waals surface area contributed by atoms with Crippen LogP contribution in [0.15, 0.2) is 0 Å². The highest BCUT2D eigenvalue weighted by atomic mass is 15.3. The Morgan fingerprint density at radius 3 is 0.759 bits per heavy atom. The highest BCUT2D eigenvalue weighted by Crippen LogP contribution is 2.49. The lowest BCUT2D eigenvalue weighted by Crippen LogP contribution is -2.61. The molecule has 3 aliphatic heterocycles. The monoisotopic (exact) mass is 760 g/mol. The lowest BCUT2D eigenvalue weighted by atomic mass is 9.63. The Morgan fingerprint density at radius 1 is 0.259 bits per heavy atom. The van der Waals surface area contributed by atoms with Gasteiger partial charge in [0, 0.05) is 34.7 Å². The van der Waals surface area contributed by atoms with Crippen LogP contribution in [0.3, 0.4) is 0 Å². The maximum atomic E-state index is 2.80. The maximum absolute atomic E-state index is 2.80. The van der Waals surface area contributed by atoms with Crippen molar-refractivity contribution in [1.82, 2.24) is 14.7 Å². The summed E-state index contributed by atoms with van der Waals surface area (Å²) in [7, 11) is 0. The van der Waals surface area contributed by atoms with Gasteiger partial charge in [0.15, 0.2) is 0 Å². The lowest BCUT2D eigenvalue weighted by molar-refractivity contribution is -0.0707. The van der Waals surface area contributed by atoms with Crippen LogP contribution in [0.4, 0.5) is 0 Å². The summed E-state index contributed by atoms with van der Waals surface area (Å²) in [5.41, 5.74) is 3.11. The quantitative estimate of drug-likeness (QED) is 0.243. The first-order valence-electron chi connectivity index (χ1n) is 22.9. The fourth-order valence-corrected chi connectivity index (χ4v) is 11.1. The third kappa shape index (κ3) is 14.6. The number of hydrogen-bond acceptors (Lipinski definition) is 3. The molecule has 0 bridgehead atoms. The van der Waals surface area contributed by atoms with Gasteiger partial charge in [-0.05, 0) is 164 Å². The Morgan fingerprint density at radius 2 is 0.500 bits per heavy atom. The van der Waals surface area contributed by atoms with Crippen LogP contribution in [-0.2, 0) is 0 Å². The van der Waals surface area contributed by atoms with Crippen LogP contribution in [0.1, 0.15) is 225 Å². The first-order valence-corrected chi connectivity index (χ1v) is 22.9. The van der Waals surface area contributed by atoms with Gasteiger partial charge in [-0.2, -0.15) is 0 Å². The molecule has 0 aliphatic carbocycles. The molecule has 3 rings (SSSR count). The van der Waals surface area contributed by atoms with Crippen LogP contribution in [0.5, 0.6) is 0 Å². The van der Waals surface area contributed by atoms with E-state index in [4.69, 9.17) is 0 Å². The Labute approximate surface area is 343 Å². The summed E-state index contributed by atoms with van der Waals surface area (Å²) in [5.74, 6) is 2.39. The molecule has 54 heavy (non-hydrogen) atoms. The van der Waals surface area contributed by atoms with Gasteiger partial charge in [-0.3, -0.25) is 14.7 Å². The van der Waals surface area contributed by atoms with Crippen LogP contribution in [0.2, 0.25) is 0 Å². The third-order valence-corrected chi connectivity index (χ3v) is 13.5. The van der Waals surface area contributed by atoms with Gasteiger partial charge in [-0.25, -0.2) is 0 Å². The van der Waals surface area contributed by atoms with Crippen LogP contribution in [0, 0.1) is 50.2 Å². The zero-order valence-corrected chi connectivity index (χ0v) is 42.7. The zero-order chi connectivity index (χ0) is 43.1. The summed E-state index contributed by atoms with van der Waals surface area (Å²) < 4.78 is 0. The largest absolute Gasteiger partial charge is 0.295 e. The molecular formula is C51H105N3. The van der Waals surface area contributed by atoms with Crippen LogP contribution >= 0.6 is 0 Å². The SMILES string of the molecule is CC(C)(C)C1CCCCN(C(C)(C)C)C1C(C)(C)C.CC(C)(C)C1CCCN(C(C)(C)C)C1C(C)(C)C.CC(C)(C)C1CCN(C(C)(C)C)C1C(C)(C)C. The van der Waals surface area contributed by atoms with E-state index in [0.717, 1.165) is 17.8 Å². The van der Waals surface area contributed by atoms with E-state index in [1.54, 1.807) is 0 Å². The number of nitrogens with zero attached hydrogens (tertiary/aromatic N) is 3. The van der Waals surface area contributed by atoms with Crippen molar-refractivity contribution >= 4 is 0 Å². The van der Waals surface area contributed by atoms with E-state index in [2.05, 4.69) is 202 Å². The van der Waals surface area contributed by atoms with Crippen LogP contribution < -0.4 is 0 Å². The second-order valence-corrected chi connectivity index (χ2v) is 27.9. The minimum atomic E-state index is 0.270. The van der Waals surface area contributed by atoms with Crippen molar-refractivity contribution < 1.29 is 0 Å². The average molecular weight is 760 g/mol. The highest BCUT2D eigenvalue weighted by molar-refractivity contribution is 5.03. The van der Waals surface area contributed by atoms with Crippen molar-refractivity contribution in [2.75, 3.05) is 19.6 Å². The van der Waals surface area contributed by atoms with Crippen molar-refractivity contribution in [2.24, 2.45) is 50.2 Å². The molecule has 3 aliphatic rings. The molecule has 0 amide bonds. The fourth-order valence-electron chi connectivity index (χ4n) is 11.1. The van der Waals surface area contributed by atoms with Gasteiger partial charge in [0.25, 0.3) is 0 Å².